The van der Waals surface area contributed by atoms with E-state index in [1.54, 1.807) is 36.0 Å². The molecule has 3 heterocycles. The summed E-state index contributed by atoms with van der Waals surface area (Å²) in [5.41, 5.74) is 8.25. The van der Waals surface area contributed by atoms with Gasteiger partial charge in [-0.25, -0.2) is 4.98 Å². The molecule has 42 heavy (non-hydrogen) atoms. The maximum atomic E-state index is 14.2. The number of hydrogen-bond donors (Lipinski definition) is 3. The van der Waals surface area contributed by atoms with E-state index in [4.69, 9.17) is 5.73 Å². The van der Waals surface area contributed by atoms with Crippen molar-refractivity contribution in [2.24, 2.45) is 0 Å². The van der Waals surface area contributed by atoms with Crippen molar-refractivity contribution in [1.82, 2.24) is 25.2 Å². The summed E-state index contributed by atoms with van der Waals surface area (Å²) < 4.78 is 1.59. The predicted octanol–water partition coefficient (Wildman–Crippen LogP) is 4.05. The molecular formula is C33H28N6O3. The number of nitrogens with one attached hydrogen (secondary N) is 2. The van der Waals surface area contributed by atoms with Crippen molar-refractivity contribution in [3.8, 4) is 17.5 Å². The fourth-order valence-electron chi connectivity index (χ4n) is 4.75. The highest BCUT2D eigenvalue weighted by Crippen LogP contribution is 2.25. The Kier molecular flexibility index (Phi) is 8.07. The molecule has 0 unspecified atom stereocenters. The average Bonchev–Trinajstić information content (AvgIpc) is 3.00. The summed E-state index contributed by atoms with van der Waals surface area (Å²) in [7, 11) is 0. The minimum atomic E-state index is -0.601. The third-order valence-electron chi connectivity index (χ3n) is 6.74. The number of amides is 2. The number of pyridine rings is 3. The number of fused-ring (bicyclic) bond motifs is 2. The Labute approximate surface area is 242 Å². The average molecular weight is 557 g/mol. The lowest BCUT2D eigenvalue weighted by Crippen LogP contribution is -2.33. The van der Waals surface area contributed by atoms with Crippen LogP contribution in [0.25, 0.3) is 27.4 Å². The Bertz CT molecular complexity index is 1950. The number of nitrogen functional groups attached to an aromatic ring is 1. The zero-order valence-electron chi connectivity index (χ0n) is 22.9. The molecule has 1 atom stereocenters. The maximum absolute atomic E-state index is 14.2. The number of carbonyl (C=O) groups excluding carboxylic acids is 2. The van der Waals surface area contributed by atoms with Crippen molar-refractivity contribution < 1.29 is 9.59 Å². The molecule has 2 aromatic carbocycles. The molecule has 9 heteroatoms. The van der Waals surface area contributed by atoms with Gasteiger partial charge in [0, 0.05) is 47.7 Å². The van der Waals surface area contributed by atoms with Crippen LogP contribution in [0.3, 0.4) is 0 Å². The fourth-order valence-corrected chi connectivity index (χ4v) is 4.75. The molecule has 0 radical (unpaired) electrons. The summed E-state index contributed by atoms with van der Waals surface area (Å²) in [6.45, 7) is 5.60. The van der Waals surface area contributed by atoms with Crippen LogP contribution in [-0.4, -0.2) is 32.9 Å². The van der Waals surface area contributed by atoms with Gasteiger partial charge in [-0.2, -0.15) is 0 Å². The van der Waals surface area contributed by atoms with E-state index in [0.717, 1.165) is 0 Å². The topological polar surface area (TPSA) is 132 Å². The number of carbonyl (C=O) groups is 2. The van der Waals surface area contributed by atoms with Gasteiger partial charge >= 0.3 is 0 Å². The Morgan fingerprint density at radius 1 is 1.07 bits per heavy atom. The number of para-hydroxylation sites is 1. The van der Waals surface area contributed by atoms with E-state index in [9.17, 15) is 14.4 Å². The smallest absolute Gasteiger partial charge is 0.264 e. The standard InChI is InChI=1S/C33H28N6O3/c1-3-27(40)35-17-8-7-11-22-12-9-13-23-19-26(39(33(42)28(22)23)25-15-5-4-6-16-25)21(2)38-32(41)29-30-24(14-10-18-36-30)20-37-31(29)34/h3-6,9-10,12-16,18-21H,1,8,17H2,2H3,(H2,34,37)(H,35,40)(H,38,41)/t21-/m1/s1. The van der Waals surface area contributed by atoms with Gasteiger partial charge in [0.1, 0.15) is 11.4 Å². The van der Waals surface area contributed by atoms with Crippen LogP contribution in [0.2, 0.25) is 0 Å². The number of rotatable bonds is 7. The quantitative estimate of drug-likeness (QED) is 0.157. The monoisotopic (exact) mass is 556 g/mol. The molecule has 0 bridgehead atoms. The van der Waals surface area contributed by atoms with Gasteiger partial charge in [0.2, 0.25) is 5.91 Å². The Morgan fingerprint density at radius 3 is 2.64 bits per heavy atom. The molecule has 9 nitrogen and oxygen atoms in total. The first-order chi connectivity index (χ1) is 20.4. The molecule has 0 saturated carbocycles. The Morgan fingerprint density at radius 2 is 1.86 bits per heavy atom. The van der Waals surface area contributed by atoms with Gasteiger partial charge in [0.25, 0.3) is 11.5 Å². The number of benzene rings is 2. The second-order valence-corrected chi connectivity index (χ2v) is 9.52. The van der Waals surface area contributed by atoms with Crippen molar-refractivity contribution in [1.29, 1.82) is 0 Å². The van der Waals surface area contributed by atoms with Gasteiger partial charge in [-0.15, -0.1) is 0 Å². The minimum absolute atomic E-state index is 0.0668. The number of nitrogens with two attached hydrogens (primary N) is 1. The highest BCUT2D eigenvalue weighted by atomic mass is 16.2. The molecule has 0 aliphatic carbocycles. The number of nitrogens with zero attached hydrogens (tertiary/aromatic N) is 3. The van der Waals surface area contributed by atoms with Crippen LogP contribution < -0.4 is 21.9 Å². The third-order valence-corrected chi connectivity index (χ3v) is 6.74. The van der Waals surface area contributed by atoms with Crippen molar-refractivity contribution in [2.75, 3.05) is 12.3 Å². The minimum Gasteiger partial charge on any atom is -0.383 e. The lowest BCUT2D eigenvalue weighted by atomic mass is 10.0. The molecule has 5 aromatic rings. The summed E-state index contributed by atoms with van der Waals surface area (Å²) >= 11 is 0. The SMILES string of the molecule is C=CC(=O)NCCC#Cc1cccc2cc([C@@H](C)NC(=O)c3c(N)ncc4cccnc34)n(-c3ccccc3)c(=O)c12. The molecular weight excluding hydrogens is 528 g/mol. The molecule has 3 aromatic heterocycles. The zero-order valence-corrected chi connectivity index (χ0v) is 22.9. The van der Waals surface area contributed by atoms with E-state index < -0.39 is 11.9 Å². The first kappa shape index (κ1) is 27.8. The normalized spacial score (nSPS) is 11.4. The maximum Gasteiger partial charge on any atom is 0.264 e. The molecule has 2 amide bonds. The number of anilines is 1. The number of aromatic nitrogens is 3. The van der Waals surface area contributed by atoms with Crippen LogP contribution in [-0.2, 0) is 4.79 Å². The lowest BCUT2D eigenvalue weighted by Gasteiger charge is -2.21. The van der Waals surface area contributed by atoms with Crippen molar-refractivity contribution in [3.05, 3.63) is 119 Å². The van der Waals surface area contributed by atoms with Crippen LogP contribution in [0.15, 0.2) is 96.6 Å². The van der Waals surface area contributed by atoms with Crippen LogP contribution in [0.5, 0.6) is 0 Å². The van der Waals surface area contributed by atoms with Gasteiger partial charge in [-0.05, 0) is 54.8 Å². The molecule has 208 valence electrons. The van der Waals surface area contributed by atoms with Crippen LogP contribution in [0, 0.1) is 11.8 Å². The molecule has 0 saturated heterocycles. The van der Waals surface area contributed by atoms with Crippen LogP contribution >= 0.6 is 0 Å². The van der Waals surface area contributed by atoms with E-state index >= 15 is 0 Å². The fraction of sp³-hybridized carbons (Fsp3) is 0.121. The third kappa shape index (κ3) is 5.60. The van der Waals surface area contributed by atoms with Gasteiger partial charge in [-0.1, -0.05) is 48.8 Å². The van der Waals surface area contributed by atoms with Gasteiger partial charge in [-0.3, -0.25) is 23.9 Å². The van der Waals surface area contributed by atoms with E-state index in [-0.39, 0.29) is 22.8 Å². The number of hydrogen-bond acceptors (Lipinski definition) is 6. The second-order valence-electron chi connectivity index (χ2n) is 9.52. The summed E-state index contributed by atoms with van der Waals surface area (Å²) in [5, 5.41) is 7.51. The first-order valence-electron chi connectivity index (χ1n) is 13.3. The van der Waals surface area contributed by atoms with Gasteiger partial charge < -0.3 is 16.4 Å². The molecule has 0 aliphatic heterocycles. The van der Waals surface area contributed by atoms with E-state index in [1.165, 1.54) is 6.08 Å². The van der Waals surface area contributed by atoms with E-state index in [1.807, 2.05) is 54.6 Å². The van der Waals surface area contributed by atoms with Crippen molar-refractivity contribution in [3.63, 3.8) is 0 Å². The van der Waals surface area contributed by atoms with Crippen LogP contribution in [0.1, 0.15) is 41.0 Å². The summed E-state index contributed by atoms with van der Waals surface area (Å²) in [4.78, 5) is 47.6. The Hall–Kier alpha value is -5.75. The predicted molar refractivity (Wildman–Crippen MR) is 164 cm³/mol. The van der Waals surface area contributed by atoms with E-state index in [0.29, 0.717) is 51.6 Å². The molecule has 5 rings (SSSR count). The lowest BCUT2D eigenvalue weighted by molar-refractivity contribution is -0.116. The largest absolute Gasteiger partial charge is 0.383 e. The summed E-state index contributed by atoms with van der Waals surface area (Å²) in [6, 6.07) is 19.5. The van der Waals surface area contributed by atoms with Crippen LogP contribution in [0.4, 0.5) is 5.82 Å². The van der Waals surface area contributed by atoms with Crippen molar-refractivity contribution >= 4 is 39.3 Å². The first-order valence-corrected chi connectivity index (χ1v) is 13.3. The molecule has 0 fully saturated rings. The second kappa shape index (κ2) is 12.2. The summed E-state index contributed by atoms with van der Waals surface area (Å²) in [5.74, 6) is 5.47. The van der Waals surface area contributed by atoms with Gasteiger partial charge in [0.15, 0.2) is 0 Å². The molecule has 0 aliphatic rings. The highest BCUT2D eigenvalue weighted by Gasteiger charge is 2.22. The highest BCUT2D eigenvalue weighted by molar-refractivity contribution is 6.09. The van der Waals surface area contributed by atoms with E-state index in [2.05, 4.69) is 39.0 Å². The van der Waals surface area contributed by atoms with Gasteiger partial charge in [0.05, 0.1) is 16.9 Å². The zero-order chi connectivity index (χ0) is 29.6. The summed E-state index contributed by atoms with van der Waals surface area (Å²) in [6.07, 6.45) is 4.78. The molecule has 0 spiro atoms. The van der Waals surface area contributed by atoms with Crippen molar-refractivity contribution in [2.45, 2.75) is 19.4 Å². The molecule has 4 N–H and O–H groups in total. The Balaban J connectivity index is 1.57.